The third-order valence-electron chi connectivity index (χ3n) is 2.38. The van der Waals surface area contributed by atoms with Crippen molar-refractivity contribution in [3.05, 3.63) is 29.8 Å². The van der Waals surface area contributed by atoms with Gasteiger partial charge in [-0.15, -0.1) is 25.6 Å². The standard InChI is InChI=1S/C10H10F3NO.ClH/c11-10(12,13)15-7-3-1-6(2-4-7)8-5-9(8)14;/h1-4,8-9H,5,14H2;1H. The minimum absolute atomic E-state index is 0. The van der Waals surface area contributed by atoms with E-state index in [9.17, 15) is 13.2 Å². The lowest BCUT2D eigenvalue weighted by Gasteiger charge is -2.08. The van der Waals surface area contributed by atoms with Crippen LogP contribution in [-0.2, 0) is 0 Å². The summed E-state index contributed by atoms with van der Waals surface area (Å²) < 4.78 is 39.3. The molecule has 2 rings (SSSR count). The number of nitrogens with two attached hydrogens (primary N) is 1. The van der Waals surface area contributed by atoms with E-state index >= 15 is 0 Å². The lowest BCUT2D eigenvalue weighted by atomic mass is 10.1. The predicted octanol–water partition coefficient (Wildman–Crippen LogP) is 2.82. The first-order chi connectivity index (χ1) is 6.96. The molecular weight excluding hydrogens is 243 g/mol. The molecule has 1 aromatic carbocycles. The van der Waals surface area contributed by atoms with Gasteiger partial charge in [-0.25, -0.2) is 0 Å². The van der Waals surface area contributed by atoms with Crippen LogP contribution in [0.15, 0.2) is 24.3 Å². The van der Waals surface area contributed by atoms with Crippen molar-refractivity contribution in [2.75, 3.05) is 0 Å². The molecule has 0 amide bonds. The maximum atomic E-state index is 11.8. The van der Waals surface area contributed by atoms with E-state index < -0.39 is 6.36 Å². The van der Waals surface area contributed by atoms with Crippen LogP contribution in [0.25, 0.3) is 0 Å². The molecule has 2 nitrogen and oxygen atoms in total. The summed E-state index contributed by atoms with van der Waals surface area (Å²) in [4.78, 5) is 0. The summed E-state index contributed by atoms with van der Waals surface area (Å²) in [5, 5.41) is 0. The van der Waals surface area contributed by atoms with Crippen molar-refractivity contribution in [3.8, 4) is 5.75 Å². The highest BCUT2D eigenvalue weighted by molar-refractivity contribution is 5.85. The number of ether oxygens (including phenoxy) is 1. The minimum Gasteiger partial charge on any atom is -0.406 e. The highest BCUT2D eigenvalue weighted by Crippen LogP contribution is 2.39. The van der Waals surface area contributed by atoms with Crippen molar-refractivity contribution in [2.24, 2.45) is 5.73 Å². The highest BCUT2D eigenvalue weighted by atomic mass is 35.5. The number of benzene rings is 1. The van der Waals surface area contributed by atoms with E-state index in [0.717, 1.165) is 12.0 Å². The predicted molar refractivity (Wildman–Crippen MR) is 55.7 cm³/mol. The fraction of sp³-hybridized carbons (Fsp3) is 0.400. The van der Waals surface area contributed by atoms with Crippen LogP contribution in [0.3, 0.4) is 0 Å². The van der Waals surface area contributed by atoms with Crippen LogP contribution in [0.1, 0.15) is 17.9 Å². The number of hydrogen-bond acceptors (Lipinski definition) is 2. The Hall–Kier alpha value is -0.940. The first kappa shape index (κ1) is 13.1. The van der Waals surface area contributed by atoms with E-state index in [0.29, 0.717) is 5.92 Å². The van der Waals surface area contributed by atoms with Crippen molar-refractivity contribution in [2.45, 2.75) is 24.7 Å². The average molecular weight is 254 g/mol. The zero-order valence-corrected chi connectivity index (χ0v) is 9.02. The second-order valence-corrected chi connectivity index (χ2v) is 3.62. The van der Waals surface area contributed by atoms with Crippen molar-refractivity contribution < 1.29 is 17.9 Å². The van der Waals surface area contributed by atoms with Gasteiger partial charge in [-0.1, -0.05) is 12.1 Å². The van der Waals surface area contributed by atoms with Crippen LogP contribution in [0.4, 0.5) is 13.2 Å². The summed E-state index contributed by atoms with van der Waals surface area (Å²) >= 11 is 0. The normalized spacial score (nSPS) is 23.5. The van der Waals surface area contributed by atoms with E-state index in [1.54, 1.807) is 12.1 Å². The lowest BCUT2D eigenvalue weighted by molar-refractivity contribution is -0.274. The maximum Gasteiger partial charge on any atom is 0.573 e. The average Bonchev–Trinajstić information content (AvgIpc) is 2.81. The fourth-order valence-electron chi connectivity index (χ4n) is 1.51. The van der Waals surface area contributed by atoms with Gasteiger partial charge in [0, 0.05) is 12.0 Å². The third-order valence-corrected chi connectivity index (χ3v) is 2.38. The number of alkyl halides is 3. The second-order valence-electron chi connectivity index (χ2n) is 3.62. The molecule has 0 aromatic heterocycles. The molecule has 0 aliphatic heterocycles. The molecule has 1 aromatic rings. The molecular formula is C10H11ClF3NO. The molecule has 16 heavy (non-hydrogen) atoms. The van der Waals surface area contributed by atoms with E-state index in [4.69, 9.17) is 5.73 Å². The molecule has 0 spiro atoms. The summed E-state index contributed by atoms with van der Waals surface area (Å²) in [6.45, 7) is 0. The van der Waals surface area contributed by atoms with Gasteiger partial charge in [0.15, 0.2) is 0 Å². The molecule has 90 valence electrons. The Morgan fingerprint density at radius 2 is 1.69 bits per heavy atom. The summed E-state index contributed by atoms with van der Waals surface area (Å²) in [5.74, 6) is 0.102. The summed E-state index contributed by atoms with van der Waals surface area (Å²) in [6.07, 6.45) is -3.73. The van der Waals surface area contributed by atoms with Crippen LogP contribution in [0.5, 0.6) is 5.75 Å². The number of hydrogen-bond donors (Lipinski definition) is 1. The van der Waals surface area contributed by atoms with Crippen LogP contribution < -0.4 is 10.5 Å². The topological polar surface area (TPSA) is 35.2 Å². The van der Waals surface area contributed by atoms with Gasteiger partial charge in [0.05, 0.1) is 0 Å². The largest absolute Gasteiger partial charge is 0.573 e. The van der Waals surface area contributed by atoms with Crippen molar-refractivity contribution in [1.82, 2.24) is 0 Å². The summed E-state index contributed by atoms with van der Waals surface area (Å²) in [5.41, 5.74) is 6.60. The van der Waals surface area contributed by atoms with E-state index in [1.807, 2.05) is 0 Å². The van der Waals surface area contributed by atoms with Crippen LogP contribution in [0, 0.1) is 0 Å². The quantitative estimate of drug-likeness (QED) is 0.880. The Labute approximate surface area is 97.0 Å². The van der Waals surface area contributed by atoms with Gasteiger partial charge in [0.1, 0.15) is 5.75 Å². The molecule has 2 atom stereocenters. The molecule has 1 aliphatic rings. The van der Waals surface area contributed by atoms with Crippen LogP contribution in [-0.4, -0.2) is 12.4 Å². The first-order valence-electron chi connectivity index (χ1n) is 4.57. The molecule has 0 radical (unpaired) electrons. The van der Waals surface area contributed by atoms with E-state index in [2.05, 4.69) is 4.74 Å². The molecule has 1 fully saturated rings. The highest BCUT2D eigenvalue weighted by Gasteiger charge is 2.35. The molecule has 1 saturated carbocycles. The summed E-state index contributed by atoms with van der Waals surface area (Å²) in [6, 6.07) is 6.03. The van der Waals surface area contributed by atoms with Crippen molar-refractivity contribution in [3.63, 3.8) is 0 Å². The fourth-order valence-corrected chi connectivity index (χ4v) is 1.51. The Morgan fingerprint density at radius 1 is 1.19 bits per heavy atom. The van der Waals surface area contributed by atoms with Crippen LogP contribution >= 0.6 is 12.4 Å². The Morgan fingerprint density at radius 3 is 2.06 bits per heavy atom. The molecule has 6 heteroatoms. The number of halogens is 4. The smallest absolute Gasteiger partial charge is 0.406 e. The van der Waals surface area contributed by atoms with Gasteiger partial charge < -0.3 is 10.5 Å². The Bertz CT molecular complexity index is 352. The van der Waals surface area contributed by atoms with Gasteiger partial charge in [-0.05, 0) is 24.1 Å². The second kappa shape index (κ2) is 4.51. The van der Waals surface area contributed by atoms with Gasteiger partial charge >= 0.3 is 6.36 Å². The zero-order chi connectivity index (χ0) is 11.1. The van der Waals surface area contributed by atoms with Crippen molar-refractivity contribution >= 4 is 12.4 Å². The van der Waals surface area contributed by atoms with Gasteiger partial charge in [-0.3, -0.25) is 0 Å². The zero-order valence-electron chi connectivity index (χ0n) is 8.20. The molecule has 2 unspecified atom stereocenters. The van der Waals surface area contributed by atoms with Gasteiger partial charge in [0.25, 0.3) is 0 Å². The van der Waals surface area contributed by atoms with E-state index in [-0.39, 0.29) is 24.2 Å². The SMILES string of the molecule is Cl.NC1CC1c1ccc(OC(F)(F)F)cc1. The molecule has 0 saturated heterocycles. The summed E-state index contributed by atoms with van der Waals surface area (Å²) in [7, 11) is 0. The molecule has 2 N–H and O–H groups in total. The number of rotatable bonds is 2. The Kier molecular flexibility index (Phi) is 3.70. The Balaban J connectivity index is 0.00000128. The van der Waals surface area contributed by atoms with Crippen molar-refractivity contribution in [1.29, 1.82) is 0 Å². The monoisotopic (exact) mass is 253 g/mol. The van der Waals surface area contributed by atoms with Crippen LogP contribution in [0.2, 0.25) is 0 Å². The van der Waals surface area contributed by atoms with Gasteiger partial charge in [0.2, 0.25) is 0 Å². The maximum absolute atomic E-state index is 11.8. The molecule has 0 heterocycles. The van der Waals surface area contributed by atoms with E-state index in [1.165, 1.54) is 12.1 Å². The minimum atomic E-state index is -4.63. The first-order valence-corrected chi connectivity index (χ1v) is 4.57. The molecule has 0 bridgehead atoms. The lowest BCUT2D eigenvalue weighted by Crippen LogP contribution is -2.17. The third kappa shape index (κ3) is 3.28. The van der Waals surface area contributed by atoms with Gasteiger partial charge in [-0.2, -0.15) is 0 Å². The molecule has 1 aliphatic carbocycles.